The summed E-state index contributed by atoms with van der Waals surface area (Å²) < 4.78 is 4.46. The molecule has 0 aromatic heterocycles. The Morgan fingerprint density at radius 2 is 2.00 bits per heavy atom. The number of benzene rings is 1. The monoisotopic (exact) mass is 208 g/mol. The molecule has 82 valence electrons. The van der Waals surface area contributed by atoms with E-state index in [0.29, 0.717) is 6.42 Å². The Hall–Kier alpha value is -1.35. The third-order valence-corrected chi connectivity index (χ3v) is 2.42. The van der Waals surface area contributed by atoms with E-state index in [1.807, 2.05) is 37.3 Å². The molecule has 0 spiro atoms. The number of aliphatic hydroxyl groups is 1. The van der Waals surface area contributed by atoms with Crippen LogP contribution < -0.4 is 0 Å². The molecule has 1 N–H and O–H groups in total. The Labute approximate surface area is 89.7 Å². The van der Waals surface area contributed by atoms with Crippen LogP contribution in [-0.4, -0.2) is 24.3 Å². The van der Waals surface area contributed by atoms with Crippen molar-refractivity contribution in [3.8, 4) is 0 Å². The Morgan fingerprint density at radius 3 is 2.53 bits per heavy atom. The van der Waals surface area contributed by atoms with Gasteiger partial charge in [0.1, 0.15) is 0 Å². The predicted octanol–water partition coefficient (Wildman–Crippen LogP) is 1.71. The fraction of sp³-hybridized carbons (Fsp3) is 0.417. The first-order valence-electron chi connectivity index (χ1n) is 4.96. The quantitative estimate of drug-likeness (QED) is 0.766. The minimum absolute atomic E-state index is 0.139. The first kappa shape index (κ1) is 11.7. The van der Waals surface area contributed by atoms with Crippen molar-refractivity contribution >= 4 is 5.97 Å². The predicted molar refractivity (Wildman–Crippen MR) is 57.5 cm³/mol. The van der Waals surface area contributed by atoms with E-state index in [-0.39, 0.29) is 5.92 Å². The van der Waals surface area contributed by atoms with Crippen LogP contribution in [0.25, 0.3) is 0 Å². The number of hydrogen-bond donors (Lipinski definition) is 1. The average molecular weight is 208 g/mol. The number of hydrogen-bond acceptors (Lipinski definition) is 3. The molecule has 1 aromatic carbocycles. The molecular formula is C12H16O3. The normalized spacial score (nSPS) is 14.3. The highest BCUT2D eigenvalue weighted by atomic mass is 16.5. The van der Waals surface area contributed by atoms with E-state index in [4.69, 9.17) is 0 Å². The second-order valence-electron chi connectivity index (χ2n) is 3.59. The van der Waals surface area contributed by atoms with E-state index < -0.39 is 12.1 Å². The first-order valence-corrected chi connectivity index (χ1v) is 4.96. The molecular weight excluding hydrogens is 192 g/mol. The van der Waals surface area contributed by atoms with Gasteiger partial charge in [0, 0.05) is 0 Å². The van der Waals surface area contributed by atoms with E-state index in [0.717, 1.165) is 5.56 Å². The maximum Gasteiger partial charge on any atom is 0.334 e. The number of ether oxygens (including phenoxy) is 1. The van der Waals surface area contributed by atoms with Crippen molar-refractivity contribution in [3.63, 3.8) is 0 Å². The molecule has 2 unspecified atom stereocenters. The zero-order valence-electron chi connectivity index (χ0n) is 9.01. The molecule has 0 aliphatic heterocycles. The van der Waals surface area contributed by atoms with Gasteiger partial charge in [-0.3, -0.25) is 0 Å². The Kier molecular flexibility index (Phi) is 4.31. The minimum Gasteiger partial charge on any atom is -0.467 e. The highest BCUT2D eigenvalue weighted by Gasteiger charge is 2.19. The summed E-state index contributed by atoms with van der Waals surface area (Å²) in [4.78, 5) is 11.0. The smallest absolute Gasteiger partial charge is 0.334 e. The third kappa shape index (κ3) is 3.36. The summed E-state index contributed by atoms with van der Waals surface area (Å²) in [6.45, 7) is 1.97. The summed E-state index contributed by atoms with van der Waals surface area (Å²) in [6.07, 6.45) is -0.651. The van der Waals surface area contributed by atoms with Crippen LogP contribution in [0.4, 0.5) is 0 Å². The molecule has 0 amide bonds. The third-order valence-electron chi connectivity index (χ3n) is 2.42. The molecule has 2 atom stereocenters. The number of rotatable bonds is 4. The van der Waals surface area contributed by atoms with E-state index in [2.05, 4.69) is 4.74 Å². The molecule has 1 aromatic rings. The van der Waals surface area contributed by atoms with Gasteiger partial charge in [-0.15, -0.1) is 0 Å². The van der Waals surface area contributed by atoms with Gasteiger partial charge in [0.05, 0.1) is 7.11 Å². The van der Waals surface area contributed by atoms with E-state index in [1.165, 1.54) is 7.11 Å². The zero-order chi connectivity index (χ0) is 11.3. The fourth-order valence-electron chi connectivity index (χ4n) is 1.48. The number of esters is 1. The van der Waals surface area contributed by atoms with Crippen molar-refractivity contribution in [2.45, 2.75) is 25.4 Å². The highest BCUT2D eigenvalue weighted by Crippen LogP contribution is 2.20. The zero-order valence-corrected chi connectivity index (χ0v) is 9.01. The molecule has 0 fully saturated rings. The largest absolute Gasteiger partial charge is 0.467 e. The maximum atomic E-state index is 11.0. The summed E-state index contributed by atoms with van der Waals surface area (Å²) >= 11 is 0. The number of methoxy groups -OCH3 is 1. The Bertz CT molecular complexity index is 308. The van der Waals surface area contributed by atoms with Gasteiger partial charge in [-0.05, 0) is 17.9 Å². The van der Waals surface area contributed by atoms with Crippen LogP contribution in [0.2, 0.25) is 0 Å². The molecule has 1 rings (SSSR count). The second kappa shape index (κ2) is 5.51. The Balaban J connectivity index is 2.56. The van der Waals surface area contributed by atoms with Gasteiger partial charge >= 0.3 is 5.97 Å². The molecule has 0 aliphatic carbocycles. The molecule has 0 heterocycles. The lowest BCUT2D eigenvalue weighted by Gasteiger charge is -2.14. The van der Waals surface area contributed by atoms with E-state index >= 15 is 0 Å². The van der Waals surface area contributed by atoms with Crippen LogP contribution >= 0.6 is 0 Å². The van der Waals surface area contributed by atoms with E-state index in [9.17, 15) is 9.90 Å². The van der Waals surface area contributed by atoms with Crippen LogP contribution in [-0.2, 0) is 9.53 Å². The molecule has 0 radical (unpaired) electrons. The summed E-state index contributed by atoms with van der Waals surface area (Å²) in [7, 11) is 1.28. The highest BCUT2D eigenvalue weighted by molar-refractivity contribution is 5.74. The molecule has 0 bridgehead atoms. The lowest BCUT2D eigenvalue weighted by molar-refractivity contribution is -0.150. The summed E-state index contributed by atoms with van der Waals surface area (Å²) in [5.74, 6) is -0.432. The van der Waals surface area contributed by atoms with Crippen LogP contribution in [0.1, 0.15) is 24.8 Å². The van der Waals surface area contributed by atoms with Crippen LogP contribution in [0, 0.1) is 0 Å². The van der Waals surface area contributed by atoms with Crippen molar-refractivity contribution in [1.82, 2.24) is 0 Å². The molecule has 0 aliphatic rings. The molecule has 0 saturated carbocycles. The van der Waals surface area contributed by atoms with Gasteiger partial charge in [-0.2, -0.15) is 0 Å². The standard InChI is InChI=1S/C12H16O3/c1-9(8-11(13)12(14)15-2)10-6-4-3-5-7-10/h3-7,9,11,13H,8H2,1-2H3. The molecule has 0 saturated heterocycles. The summed E-state index contributed by atoms with van der Waals surface area (Å²) in [5.41, 5.74) is 1.11. The lowest BCUT2D eigenvalue weighted by atomic mass is 9.95. The van der Waals surface area contributed by atoms with Crippen LogP contribution in [0.15, 0.2) is 30.3 Å². The number of carbonyl (C=O) groups excluding carboxylic acids is 1. The minimum atomic E-state index is -1.04. The molecule has 3 nitrogen and oxygen atoms in total. The van der Waals surface area contributed by atoms with Gasteiger partial charge in [0.15, 0.2) is 6.10 Å². The van der Waals surface area contributed by atoms with E-state index in [1.54, 1.807) is 0 Å². The van der Waals surface area contributed by atoms with Gasteiger partial charge in [0.25, 0.3) is 0 Å². The van der Waals surface area contributed by atoms with Crippen LogP contribution in [0.3, 0.4) is 0 Å². The fourth-order valence-corrected chi connectivity index (χ4v) is 1.48. The maximum absolute atomic E-state index is 11.0. The summed E-state index contributed by atoms with van der Waals surface area (Å²) in [6, 6.07) is 9.78. The van der Waals surface area contributed by atoms with Crippen LogP contribution in [0.5, 0.6) is 0 Å². The van der Waals surface area contributed by atoms with Crippen molar-refractivity contribution in [2.24, 2.45) is 0 Å². The van der Waals surface area contributed by atoms with Gasteiger partial charge in [-0.1, -0.05) is 37.3 Å². The average Bonchev–Trinajstić information content (AvgIpc) is 2.29. The Morgan fingerprint density at radius 1 is 1.40 bits per heavy atom. The summed E-state index contributed by atoms with van der Waals surface area (Å²) in [5, 5.41) is 9.47. The number of aliphatic hydroxyl groups excluding tert-OH is 1. The lowest BCUT2D eigenvalue weighted by Crippen LogP contribution is -2.23. The van der Waals surface area contributed by atoms with Crippen molar-refractivity contribution in [3.05, 3.63) is 35.9 Å². The first-order chi connectivity index (χ1) is 7.15. The molecule has 3 heteroatoms. The van der Waals surface area contributed by atoms with Crippen molar-refractivity contribution < 1.29 is 14.6 Å². The molecule has 15 heavy (non-hydrogen) atoms. The van der Waals surface area contributed by atoms with Gasteiger partial charge < -0.3 is 9.84 Å². The topological polar surface area (TPSA) is 46.5 Å². The van der Waals surface area contributed by atoms with Crippen molar-refractivity contribution in [1.29, 1.82) is 0 Å². The van der Waals surface area contributed by atoms with Crippen molar-refractivity contribution in [2.75, 3.05) is 7.11 Å². The van der Waals surface area contributed by atoms with Gasteiger partial charge in [0.2, 0.25) is 0 Å². The SMILES string of the molecule is COC(=O)C(O)CC(C)c1ccccc1. The van der Waals surface area contributed by atoms with Gasteiger partial charge in [-0.25, -0.2) is 4.79 Å². The number of carbonyl (C=O) groups is 1. The second-order valence-corrected chi connectivity index (χ2v) is 3.59.